The summed E-state index contributed by atoms with van der Waals surface area (Å²) in [4.78, 5) is 23.6. The zero-order chi connectivity index (χ0) is 59.4. The Hall–Kier alpha value is -7.75. The van der Waals surface area contributed by atoms with Crippen molar-refractivity contribution in [1.29, 1.82) is 0 Å². The highest BCUT2D eigenvalue weighted by Gasteiger charge is 2.47. The number of carboxylic acids is 1. The minimum atomic E-state index is -6.13. The third-order valence-electron chi connectivity index (χ3n) is 11.9. The normalized spacial score (nSPS) is 13.3. The molecule has 0 amide bonds. The van der Waals surface area contributed by atoms with E-state index in [1.807, 2.05) is 42.5 Å². The van der Waals surface area contributed by atoms with Crippen molar-refractivity contribution < 1.29 is 125 Å². The summed E-state index contributed by atoms with van der Waals surface area (Å²) in [6.45, 7) is 0.103. The molecule has 29 heteroatoms. The molecule has 1 N–H and O–H groups in total. The second kappa shape index (κ2) is 20.8. The number of nitrogens with zero attached hydrogens (tertiary/aromatic N) is 1. The Kier molecular flexibility index (Phi) is 15.9. The molecule has 0 spiro atoms. The lowest BCUT2D eigenvalue weighted by Crippen LogP contribution is -2.75. The Morgan fingerprint density at radius 1 is 0.354 bits per heavy atom. The molecule has 0 bridgehead atoms. The summed E-state index contributed by atoms with van der Waals surface area (Å²) in [5, 5.41) is 10.0. The maximum absolute atomic E-state index is 14.2. The number of hydrogen-bond acceptors (Lipinski definition) is 2. The lowest BCUT2D eigenvalue weighted by Gasteiger charge is -2.46. The number of fused-ring (bicyclic) bond motifs is 1. The first-order valence-corrected chi connectivity index (χ1v) is 21.5. The van der Waals surface area contributed by atoms with E-state index in [-0.39, 0.29) is 17.9 Å². The van der Waals surface area contributed by atoms with Gasteiger partial charge in [0.25, 0.3) is 0 Å². The third kappa shape index (κ3) is 13.6. The number of aromatic nitrogens is 1. The van der Waals surface area contributed by atoms with Crippen LogP contribution in [0.1, 0.15) is 65.2 Å². The molecular weight excluding hydrogens is 1130 g/mol. The molecule has 6 aromatic carbocycles. The summed E-state index contributed by atoms with van der Waals surface area (Å²) in [5.74, 6) is -1.06. The Morgan fingerprint density at radius 3 is 0.886 bits per heavy atom. The van der Waals surface area contributed by atoms with Gasteiger partial charge >= 0.3 is 55.4 Å². The number of benzene rings is 6. The van der Waals surface area contributed by atoms with Crippen LogP contribution < -0.4 is 26.4 Å². The van der Waals surface area contributed by atoms with Gasteiger partial charge in [0.2, 0.25) is 17.8 Å². The van der Waals surface area contributed by atoms with E-state index in [1.165, 1.54) is 6.20 Å². The average molecular weight is 1160 g/mol. The summed E-state index contributed by atoms with van der Waals surface area (Å²) in [6, 6.07) is 9.21. The van der Waals surface area contributed by atoms with Crippen LogP contribution in [0.4, 0.5) is 105 Å². The SMILES string of the molecule is FC(F)(F)c1cc([B-](c2cc(C(F)(F)F)cc(C(F)(F)F)c2)(c2cc(C(F)(F)F)cc(C(F)(F)F)c2)c2cc(C(F)(F)F)cc(C(F)(F)F)c2)cc(C(F)(F)F)c1.O=C(O)c1cc2ccccc2[n+](CC(=O)c2ccccc2)c1. The highest BCUT2D eigenvalue weighted by atomic mass is 19.4. The van der Waals surface area contributed by atoms with Crippen LogP contribution in [0.15, 0.2) is 140 Å². The zero-order valence-corrected chi connectivity index (χ0v) is 38.3. The van der Waals surface area contributed by atoms with Gasteiger partial charge in [0.15, 0.2) is 6.20 Å². The maximum Gasteiger partial charge on any atom is 0.416 e. The molecule has 0 aliphatic heterocycles. The number of ketones is 1. The zero-order valence-electron chi connectivity index (χ0n) is 38.3. The van der Waals surface area contributed by atoms with Crippen LogP contribution in [0.3, 0.4) is 0 Å². The van der Waals surface area contributed by atoms with Gasteiger partial charge in [-0.2, -0.15) is 132 Å². The first-order valence-electron chi connectivity index (χ1n) is 21.5. The van der Waals surface area contributed by atoms with Crippen LogP contribution in [-0.2, 0) is 56.0 Å². The molecule has 0 fully saturated rings. The van der Waals surface area contributed by atoms with Gasteiger partial charge in [-0.1, -0.05) is 91.0 Å². The Bertz CT molecular complexity index is 2990. The van der Waals surface area contributed by atoms with E-state index < -0.39 is 201 Å². The van der Waals surface area contributed by atoms with Crippen molar-refractivity contribution >= 4 is 50.7 Å². The predicted molar refractivity (Wildman–Crippen MR) is 232 cm³/mol. The molecular formula is C50H26BF24NO3. The van der Waals surface area contributed by atoms with Gasteiger partial charge in [-0.15, -0.1) is 0 Å². The van der Waals surface area contributed by atoms with E-state index in [0.29, 0.717) is 5.56 Å². The van der Waals surface area contributed by atoms with Gasteiger partial charge in [0.05, 0.1) is 44.5 Å². The lowest BCUT2D eigenvalue weighted by atomic mass is 9.12. The fourth-order valence-electron chi connectivity index (χ4n) is 8.50. The first kappa shape index (κ1) is 60.5. The topological polar surface area (TPSA) is 58.2 Å². The molecule has 0 saturated heterocycles. The van der Waals surface area contributed by atoms with E-state index in [1.54, 1.807) is 22.8 Å². The molecule has 1 aromatic heterocycles. The number of carbonyl (C=O) groups excluding carboxylic acids is 1. The monoisotopic (exact) mass is 1160 g/mol. The van der Waals surface area contributed by atoms with Crippen molar-refractivity contribution in [2.24, 2.45) is 0 Å². The van der Waals surface area contributed by atoms with Crippen molar-refractivity contribution in [3.8, 4) is 0 Å². The van der Waals surface area contributed by atoms with Crippen LogP contribution in [0.5, 0.6) is 0 Å². The molecule has 0 unspecified atom stereocenters. The van der Waals surface area contributed by atoms with Crippen LogP contribution in [0, 0.1) is 0 Å². The predicted octanol–water partition coefficient (Wildman–Crippen LogP) is 13.9. The molecule has 1 heterocycles. The van der Waals surface area contributed by atoms with Gasteiger partial charge in [-0.25, -0.2) is 4.79 Å². The number of alkyl halides is 24. The minimum Gasteiger partial charge on any atom is -0.477 e. The van der Waals surface area contributed by atoms with E-state index in [2.05, 4.69) is 0 Å². The number of hydrogen-bond donors (Lipinski definition) is 1. The molecule has 0 saturated carbocycles. The van der Waals surface area contributed by atoms with Gasteiger partial charge in [-0.3, -0.25) is 4.79 Å². The van der Waals surface area contributed by atoms with E-state index >= 15 is 0 Å². The fourth-order valence-corrected chi connectivity index (χ4v) is 8.50. The largest absolute Gasteiger partial charge is 0.477 e. The quantitative estimate of drug-likeness (QED) is 0.0714. The van der Waals surface area contributed by atoms with Crippen LogP contribution in [-0.4, -0.2) is 23.0 Å². The molecule has 0 radical (unpaired) electrons. The number of pyridine rings is 1. The highest BCUT2D eigenvalue weighted by Crippen LogP contribution is 2.41. The molecule has 0 atom stereocenters. The van der Waals surface area contributed by atoms with Crippen molar-refractivity contribution in [3.05, 3.63) is 195 Å². The Morgan fingerprint density at radius 2 is 0.620 bits per heavy atom. The molecule has 4 nitrogen and oxygen atoms in total. The molecule has 79 heavy (non-hydrogen) atoms. The van der Waals surface area contributed by atoms with Crippen LogP contribution in [0.2, 0.25) is 0 Å². The number of para-hydroxylation sites is 1. The van der Waals surface area contributed by atoms with E-state index in [9.17, 15) is 120 Å². The third-order valence-corrected chi connectivity index (χ3v) is 11.9. The first-order chi connectivity index (χ1) is 35.9. The minimum absolute atomic E-state index is 0.0571. The van der Waals surface area contributed by atoms with Crippen molar-refractivity contribution in [3.63, 3.8) is 0 Å². The smallest absolute Gasteiger partial charge is 0.416 e. The lowest BCUT2D eigenvalue weighted by molar-refractivity contribution is -0.657. The standard InChI is InChI=1S/C32H12BF24.C18H13NO3/c34-25(35,36)13-1-14(26(37,38)39)6-21(5-13)33(22-7-15(27(40,41)42)2-16(8-22)28(43,44)45,23-9-17(29(46,47)48)3-18(10-23)30(49,50)51)24-11-19(31(52,53)54)4-20(12-24)32(55,56)57;20-17(13-6-2-1-3-7-13)12-19-11-15(18(21)22)10-14-8-4-5-9-16(14)19/h1-12H;1-11H,12H2/q-1;/p+1. The van der Waals surface area contributed by atoms with Crippen molar-refractivity contribution in [2.75, 3.05) is 0 Å². The Balaban J connectivity index is 0.000000378. The van der Waals surface area contributed by atoms with E-state index in [0.717, 1.165) is 10.9 Å². The van der Waals surface area contributed by atoms with Crippen molar-refractivity contribution in [1.82, 2.24) is 0 Å². The number of carboxylic acid groups (broad SMARTS) is 1. The van der Waals surface area contributed by atoms with Crippen LogP contribution in [0.25, 0.3) is 10.9 Å². The van der Waals surface area contributed by atoms with Gasteiger partial charge < -0.3 is 5.11 Å². The maximum atomic E-state index is 14.2. The number of rotatable bonds is 8. The number of halogens is 24. The average Bonchev–Trinajstić information content (AvgIpc) is 3.44. The number of aromatic carboxylic acids is 1. The van der Waals surface area contributed by atoms with Crippen molar-refractivity contribution in [2.45, 2.75) is 56.0 Å². The molecule has 0 aliphatic rings. The second-order valence-electron chi connectivity index (χ2n) is 17.2. The summed E-state index contributed by atoms with van der Waals surface area (Å²) in [6.07, 6.45) is -53.3. The van der Waals surface area contributed by atoms with Gasteiger partial charge in [-0.05, 0) is 36.4 Å². The number of Topliss-reactive ketones (excluding diaryl/α,β-unsaturated/α-hetero) is 1. The molecule has 7 rings (SSSR count). The fraction of sp³-hybridized carbons (Fsp3) is 0.180. The number of carbonyl (C=O) groups is 2. The Labute approximate surface area is 426 Å². The van der Waals surface area contributed by atoms with Gasteiger partial charge in [0.1, 0.15) is 11.7 Å². The molecule has 0 aliphatic carbocycles. The molecule has 420 valence electrons. The summed E-state index contributed by atoms with van der Waals surface area (Å²) in [5.41, 5.74) is -28.6. The van der Waals surface area contributed by atoms with Gasteiger partial charge in [0, 0.05) is 17.0 Å². The highest BCUT2D eigenvalue weighted by molar-refractivity contribution is 7.20. The second-order valence-corrected chi connectivity index (χ2v) is 17.2. The van der Waals surface area contributed by atoms with E-state index in [4.69, 9.17) is 0 Å². The van der Waals surface area contributed by atoms with Crippen LogP contribution >= 0.6 is 0 Å². The summed E-state index contributed by atoms with van der Waals surface area (Å²) < 4.78 is 343. The summed E-state index contributed by atoms with van der Waals surface area (Å²) >= 11 is 0. The summed E-state index contributed by atoms with van der Waals surface area (Å²) in [7, 11) is 0. The molecule has 7 aromatic rings.